The molecule has 106 valence electrons. The van der Waals surface area contributed by atoms with E-state index in [1.807, 2.05) is 12.1 Å². The first-order chi connectivity index (χ1) is 9.22. The van der Waals surface area contributed by atoms with Gasteiger partial charge in [-0.1, -0.05) is 19.4 Å². The zero-order chi connectivity index (χ0) is 13.7. The van der Waals surface area contributed by atoms with E-state index >= 15 is 0 Å². The molecular weight excluding hydrogens is 243 g/mol. The predicted molar refractivity (Wildman–Crippen MR) is 74.9 cm³/mol. The van der Waals surface area contributed by atoms with Crippen LogP contribution in [0.15, 0.2) is 18.2 Å². The zero-order valence-electron chi connectivity index (χ0n) is 11.8. The number of methoxy groups -OCH3 is 1. The molecule has 19 heavy (non-hydrogen) atoms. The molecule has 0 amide bonds. The second kappa shape index (κ2) is 6.87. The molecular formula is C15H23FN2O. The Bertz CT molecular complexity index is 409. The SMILES string of the molecule is CCCC1CN(Cc2ccc(OC)cc2F)CCN1. The third-order valence-electron chi connectivity index (χ3n) is 3.63. The molecule has 1 fully saturated rings. The Kier molecular flexibility index (Phi) is 5.16. The molecule has 1 aliphatic rings. The summed E-state index contributed by atoms with van der Waals surface area (Å²) < 4.78 is 18.9. The number of hydrogen-bond acceptors (Lipinski definition) is 3. The fraction of sp³-hybridized carbons (Fsp3) is 0.600. The molecule has 1 heterocycles. The van der Waals surface area contributed by atoms with E-state index in [4.69, 9.17) is 4.74 Å². The molecule has 2 rings (SSSR count). The van der Waals surface area contributed by atoms with E-state index in [-0.39, 0.29) is 5.82 Å². The number of rotatable bonds is 5. The molecule has 0 spiro atoms. The van der Waals surface area contributed by atoms with Crippen molar-refractivity contribution in [2.45, 2.75) is 32.4 Å². The summed E-state index contributed by atoms with van der Waals surface area (Å²) in [5.74, 6) is 0.398. The number of halogens is 1. The molecule has 1 N–H and O–H groups in total. The molecule has 0 aromatic heterocycles. The minimum absolute atomic E-state index is 0.176. The van der Waals surface area contributed by atoms with Crippen LogP contribution in [0.3, 0.4) is 0 Å². The topological polar surface area (TPSA) is 24.5 Å². The molecule has 0 aliphatic carbocycles. The highest BCUT2D eigenvalue weighted by molar-refractivity contribution is 5.28. The van der Waals surface area contributed by atoms with Gasteiger partial charge >= 0.3 is 0 Å². The molecule has 1 aromatic carbocycles. The average Bonchev–Trinajstić information content (AvgIpc) is 2.42. The van der Waals surface area contributed by atoms with E-state index in [0.29, 0.717) is 18.3 Å². The van der Waals surface area contributed by atoms with Gasteiger partial charge in [0.1, 0.15) is 11.6 Å². The van der Waals surface area contributed by atoms with Crippen molar-refractivity contribution < 1.29 is 9.13 Å². The van der Waals surface area contributed by atoms with Crippen molar-refractivity contribution in [3.05, 3.63) is 29.6 Å². The van der Waals surface area contributed by atoms with Gasteiger partial charge < -0.3 is 10.1 Å². The summed E-state index contributed by atoms with van der Waals surface area (Å²) in [5.41, 5.74) is 0.748. The second-order valence-electron chi connectivity index (χ2n) is 5.13. The third-order valence-corrected chi connectivity index (χ3v) is 3.63. The standard InChI is InChI=1S/C15H23FN2O/c1-3-4-13-11-18(8-7-17-13)10-12-5-6-14(19-2)9-15(12)16/h5-6,9,13,17H,3-4,7-8,10-11H2,1-2H3. The van der Waals surface area contributed by atoms with Crippen LogP contribution < -0.4 is 10.1 Å². The lowest BCUT2D eigenvalue weighted by Crippen LogP contribution is -2.50. The lowest BCUT2D eigenvalue weighted by molar-refractivity contribution is 0.185. The maximum Gasteiger partial charge on any atom is 0.131 e. The van der Waals surface area contributed by atoms with Crippen molar-refractivity contribution in [3.8, 4) is 5.75 Å². The molecule has 3 nitrogen and oxygen atoms in total. The lowest BCUT2D eigenvalue weighted by atomic mass is 10.1. The molecule has 1 saturated heterocycles. The summed E-state index contributed by atoms with van der Waals surface area (Å²) in [6, 6.07) is 5.65. The fourth-order valence-corrected chi connectivity index (χ4v) is 2.60. The fourth-order valence-electron chi connectivity index (χ4n) is 2.60. The van der Waals surface area contributed by atoms with Crippen molar-refractivity contribution >= 4 is 0 Å². The second-order valence-corrected chi connectivity index (χ2v) is 5.13. The average molecular weight is 266 g/mol. The number of hydrogen-bond donors (Lipinski definition) is 1. The first kappa shape index (κ1) is 14.3. The Morgan fingerprint density at radius 2 is 2.32 bits per heavy atom. The van der Waals surface area contributed by atoms with Crippen LogP contribution in [0.4, 0.5) is 4.39 Å². The Labute approximate surface area is 114 Å². The summed E-state index contributed by atoms with van der Waals surface area (Å²) >= 11 is 0. The van der Waals surface area contributed by atoms with Crippen molar-refractivity contribution in [1.29, 1.82) is 0 Å². The van der Waals surface area contributed by atoms with Gasteiger partial charge in [0.25, 0.3) is 0 Å². The van der Waals surface area contributed by atoms with Crippen molar-refractivity contribution in [2.24, 2.45) is 0 Å². The normalized spacial score (nSPS) is 20.5. The molecule has 1 atom stereocenters. The maximum atomic E-state index is 13.9. The maximum absolute atomic E-state index is 13.9. The van der Waals surface area contributed by atoms with E-state index in [2.05, 4.69) is 17.1 Å². The number of ether oxygens (including phenoxy) is 1. The molecule has 4 heteroatoms. The van der Waals surface area contributed by atoms with Gasteiger partial charge in [-0.3, -0.25) is 4.90 Å². The van der Waals surface area contributed by atoms with Crippen molar-refractivity contribution in [1.82, 2.24) is 10.2 Å². The Morgan fingerprint density at radius 3 is 3.00 bits per heavy atom. The number of nitrogens with zero attached hydrogens (tertiary/aromatic N) is 1. The predicted octanol–water partition coefficient (Wildman–Crippen LogP) is 2.41. The van der Waals surface area contributed by atoms with Crippen LogP contribution >= 0.6 is 0 Å². The summed E-state index contributed by atoms with van der Waals surface area (Å²) in [5, 5.41) is 3.51. The largest absolute Gasteiger partial charge is 0.497 e. The van der Waals surface area contributed by atoms with Crippen LogP contribution in [-0.4, -0.2) is 37.7 Å². The van der Waals surface area contributed by atoms with Crippen LogP contribution in [-0.2, 0) is 6.54 Å². The van der Waals surface area contributed by atoms with Gasteiger partial charge in [-0.2, -0.15) is 0 Å². The number of benzene rings is 1. The van der Waals surface area contributed by atoms with Gasteiger partial charge in [-0.25, -0.2) is 4.39 Å². The van der Waals surface area contributed by atoms with E-state index in [1.54, 1.807) is 7.11 Å². The molecule has 0 saturated carbocycles. The van der Waals surface area contributed by atoms with Gasteiger partial charge in [0.05, 0.1) is 7.11 Å². The Morgan fingerprint density at radius 1 is 1.47 bits per heavy atom. The minimum Gasteiger partial charge on any atom is -0.497 e. The van der Waals surface area contributed by atoms with Crippen LogP contribution in [0.2, 0.25) is 0 Å². The van der Waals surface area contributed by atoms with Crippen molar-refractivity contribution in [2.75, 3.05) is 26.7 Å². The minimum atomic E-state index is -0.176. The van der Waals surface area contributed by atoms with Crippen LogP contribution in [0.1, 0.15) is 25.3 Å². The smallest absolute Gasteiger partial charge is 0.131 e. The van der Waals surface area contributed by atoms with E-state index in [9.17, 15) is 4.39 Å². The molecule has 0 bridgehead atoms. The van der Waals surface area contributed by atoms with Crippen LogP contribution in [0.25, 0.3) is 0 Å². The first-order valence-corrected chi connectivity index (χ1v) is 7.01. The highest BCUT2D eigenvalue weighted by Crippen LogP contribution is 2.18. The monoisotopic (exact) mass is 266 g/mol. The zero-order valence-corrected chi connectivity index (χ0v) is 11.8. The summed E-state index contributed by atoms with van der Waals surface area (Å²) in [7, 11) is 1.56. The van der Waals surface area contributed by atoms with Gasteiger partial charge in [-0.15, -0.1) is 0 Å². The highest BCUT2D eigenvalue weighted by atomic mass is 19.1. The van der Waals surface area contributed by atoms with Gasteiger partial charge in [0, 0.05) is 43.9 Å². The van der Waals surface area contributed by atoms with Gasteiger partial charge in [0.15, 0.2) is 0 Å². The molecule has 1 aliphatic heterocycles. The highest BCUT2D eigenvalue weighted by Gasteiger charge is 2.19. The summed E-state index contributed by atoms with van der Waals surface area (Å²) in [4.78, 5) is 2.32. The Hall–Kier alpha value is -1.13. The van der Waals surface area contributed by atoms with Gasteiger partial charge in [-0.05, 0) is 12.5 Å². The number of piperazine rings is 1. The summed E-state index contributed by atoms with van der Waals surface area (Å²) in [6.07, 6.45) is 2.37. The van der Waals surface area contributed by atoms with Gasteiger partial charge in [0.2, 0.25) is 0 Å². The molecule has 1 unspecified atom stereocenters. The molecule has 0 radical (unpaired) electrons. The first-order valence-electron chi connectivity index (χ1n) is 7.01. The van der Waals surface area contributed by atoms with E-state index in [1.165, 1.54) is 18.9 Å². The third kappa shape index (κ3) is 3.91. The quantitative estimate of drug-likeness (QED) is 0.885. The van der Waals surface area contributed by atoms with Crippen molar-refractivity contribution in [3.63, 3.8) is 0 Å². The lowest BCUT2D eigenvalue weighted by Gasteiger charge is -2.33. The molecule has 1 aromatic rings. The van der Waals surface area contributed by atoms with Crippen LogP contribution in [0.5, 0.6) is 5.75 Å². The van der Waals surface area contributed by atoms with E-state index < -0.39 is 0 Å². The van der Waals surface area contributed by atoms with E-state index in [0.717, 1.165) is 25.2 Å². The van der Waals surface area contributed by atoms with Crippen LogP contribution in [0, 0.1) is 5.82 Å². The Balaban J connectivity index is 1.96. The number of nitrogens with one attached hydrogen (secondary N) is 1. The summed E-state index contributed by atoms with van der Waals surface area (Å²) in [6.45, 7) is 5.84.